The monoisotopic (exact) mass is 580 g/mol. The standard InChI is InChI=1S/C31H41ClN6O3/c1-31(2,3)18-37-17-24-20(13-25(32)28(34)23(24)15-33)12-21(29(37)40)14-27(39)36-10-8-22(9-11-36)38-16-19-6-4-5-7-26(19)35-30(38)41/h4,6,13,15,21-22,33H,5,7-12,14,16-18,34H2,1-3H3,(H,35,41)/t21-/m0/s1. The smallest absolute Gasteiger partial charge is 0.322 e. The number of allylic oxidation sites excluding steroid dienone is 2. The second-order valence-electron chi connectivity index (χ2n) is 12.9. The van der Waals surface area contributed by atoms with Crippen LogP contribution in [0.2, 0.25) is 5.02 Å². The second-order valence-corrected chi connectivity index (χ2v) is 13.3. The quantitative estimate of drug-likeness (QED) is 0.351. The van der Waals surface area contributed by atoms with Crippen LogP contribution in [0.25, 0.3) is 0 Å². The topological polar surface area (TPSA) is 123 Å². The molecule has 1 aliphatic carbocycles. The third kappa shape index (κ3) is 6.15. The van der Waals surface area contributed by atoms with Gasteiger partial charge in [-0.05, 0) is 60.3 Å². The Morgan fingerprint density at radius 2 is 1.95 bits per heavy atom. The van der Waals surface area contributed by atoms with Crippen molar-refractivity contribution < 1.29 is 14.4 Å². The zero-order valence-corrected chi connectivity index (χ0v) is 25.0. The molecule has 0 spiro atoms. The van der Waals surface area contributed by atoms with Crippen LogP contribution in [0.3, 0.4) is 0 Å². The van der Waals surface area contributed by atoms with Gasteiger partial charge in [0, 0.05) is 62.7 Å². The Kier molecular flexibility index (Phi) is 8.19. The summed E-state index contributed by atoms with van der Waals surface area (Å²) in [5.41, 5.74) is 10.9. The van der Waals surface area contributed by atoms with E-state index in [9.17, 15) is 14.4 Å². The predicted molar refractivity (Wildman–Crippen MR) is 161 cm³/mol. The molecule has 5 rings (SSSR count). The minimum absolute atomic E-state index is 0.0434. The molecule has 0 radical (unpaired) electrons. The van der Waals surface area contributed by atoms with Crippen LogP contribution in [0.15, 0.2) is 29.5 Å². The van der Waals surface area contributed by atoms with E-state index in [0.717, 1.165) is 29.7 Å². The molecule has 9 nitrogen and oxygen atoms in total. The summed E-state index contributed by atoms with van der Waals surface area (Å²) < 4.78 is 0. The number of rotatable bonds is 5. The number of benzene rings is 1. The van der Waals surface area contributed by atoms with Crippen LogP contribution in [0.1, 0.15) is 69.6 Å². The van der Waals surface area contributed by atoms with Crippen LogP contribution < -0.4 is 11.1 Å². The van der Waals surface area contributed by atoms with Gasteiger partial charge in [0.25, 0.3) is 0 Å². The lowest BCUT2D eigenvalue weighted by atomic mass is 9.91. The number of nitrogens with zero attached hydrogens (tertiary/aromatic N) is 3. The number of urea groups is 1. The highest BCUT2D eigenvalue weighted by Crippen LogP contribution is 2.35. The first-order chi connectivity index (χ1) is 19.4. The number of anilines is 1. The lowest BCUT2D eigenvalue weighted by Gasteiger charge is -2.41. The van der Waals surface area contributed by atoms with E-state index >= 15 is 0 Å². The molecular weight excluding hydrogens is 540 g/mol. The zero-order chi connectivity index (χ0) is 29.5. The summed E-state index contributed by atoms with van der Waals surface area (Å²) in [6.07, 6.45) is 9.20. The molecule has 1 aromatic carbocycles. The zero-order valence-electron chi connectivity index (χ0n) is 24.3. The Morgan fingerprint density at radius 1 is 1.22 bits per heavy atom. The van der Waals surface area contributed by atoms with E-state index in [1.165, 1.54) is 11.8 Å². The van der Waals surface area contributed by atoms with Gasteiger partial charge in [-0.15, -0.1) is 0 Å². The van der Waals surface area contributed by atoms with Crippen molar-refractivity contribution in [2.45, 2.75) is 71.9 Å². The number of halogens is 1. The molecule has 0 bridgehead atoms. The molecule has 1 fully saturated rings. The number of hydrogen-bond donors (Lipinski definition) is 3. The summed E-state index contributed by atoms with van der Waals surface area (Å²) in [5.74, 6) is -0.629. The van der Waals surface area contributed by atoms with Crippen molar-refractivity contribution >= 4 is 41.3 Å². The van der Waals surface area contributed by atoms with Gasteiger partial charge in [-0.2, -0.15) is 0 Å². The van der Waals surface area contributed by atoms with E-state index in [4.69, 9.17) is 22.7 Å². The number of piperidine rings is 1. The number of carbonyl (C=O) groups excluding carboxylic acids is 3. The molecule has 1 atom stereocenters. The van der Waals surface area contributed by atoms with Gasteiger partial charge in [0.1, 0.15) is 0 Å². The maximum atomic E-state index is 13.9. The Hall–Kier alpha value is -3.33. The SMILES string of the molecule is CC(C)(C)CN1Cc2c(cc(Cl)c(N)c2C=N)C[C@@H](CC(=O)N2CCC(N3CC4=C(CCC=C4)NC3=O)CC2)C1=O. The number of amides is 4. The van der Waals surface area contributed by atoms with E-state index in [1.54, 1.807) is 6.07 Å². The second kappa shape index (κ2) is 11.5. The molecule has 220 valence electrons. The van der Waals surface area contributed by atoms with Gasteiger partial charge in [-0.25, -0.2) is 4.79 Å². The number of likely N-dealkylation sites (tertiary alicyclic amines) is 1. The van der Waals surface area contributed by atoms with E-state index in [0.29, 0.717) is 68.3 Å². The molecule has 1 aromatic rings. The fourth-order valence-corrected chi connectivity index (χ4v) is 6.82. The molecule has 0 aromatic heterocycles. The Balaban J connectivity index is 1.29. The van der Waals surface area contributed by atoms with E-state index in [2.05, 4.69) is 38.2 Å². The average molecular weight is 581 g/mol. The third-order valence-electron chi connectivity index (χ3n) is 8.65. The fraction of sp³-hybridized carbons (Fsp3) is 0.548. The third-order valence-corrected chi connectivity index (χ3v) is 8.97. The maximum absolute atomic E-state index is 13.9. The Bertz CT molecular complexity index is 1320. The lowest BCUT2D eigenvalue weighted by Crippen LogP contribution is -2.54. The van der Waals surface area contributed by atoms with Gasteiger partial charge in [0.05, 0.1) is 16.6 Å². The van der Waals surface area contributed by atoms with Gasteiger partial charge in [0.15, 0.2) is 0 Å². The van der Waals surface area contributed by atoms with Crippen molar-refractivity contribution in [2.24, 2.45) is 11.3 Å². The molecule has 4 amide bonds. The van der Waals surface area contributed by atoms with E-state index in [-0.39, 0.29) is 35.7 Å². The molecular formula is C31H41ClN6O3. The predicted octanol–water partition coefficient (Wildman–Crippen LogP) is 4.48. The highest BCUT2D eigenvalue weighted by molar-refractivity contribution is 6.33. The van der Waals surface area contributed by atoms with Gasteiger partial charge in [-0.3, -0.25) is 9.59 Å². The van der Waals surface area contributed by atoms with Crippen molar-refractivity contribution in [3.63, 3.8) is 0 Å². The van der Waals surface area contributed by atoms with Crippen molar-refractivity contribution in [1.29, 1.82) is 5.41 Å². The van der Waals surface area contributed by atoms with E-state index < -0.39 is 5.92 Å². The normalized spacial score (nSPS) is 21.9. The molecule has 0 saturated carbocycles. The summed E-state index contributed by atoms with van der Waals surface area (Å²) in [5, 5.41) is 11.4. The van der Waals surface area contributed by atoms with Gasteiger partial charge >= 0.3 is 6.03 Å². The number of hydrogen-bond acceptors (Lipinski definition) is 5. The lowest BCUT2D eigenvalue weighted by molar-refractivity contribution is -0.142. The molecule has 1 saturated heterocycles. The largest absolute Gasteiger partial charge is 0.397 e. The number of nitrogens with two attached hydrogens (primary N) is 1. The molecule has 3 heterocycles. The number of fused-ring (bicyclic) bond motifs is 1. The highest BCUT2D eigenvalue weighted by atomic mass is 35.5. The minimum Gasteiger partial charge on any atom is -0.397 e. The number of nitrogens with one attached hydrogen (secondary N) is 2. The van der Waals surface area contributed by atoms with Crippen molar-refractivity contribution in [1.82, 2.24) is 20.0 Å². The van der Waals surface area contributed by atoms with Gasteiger partial charge in [0.2, 0.25) is 11.8 Å². The Morgan fingerprint density at radius 3 is 2.63 bits per heavy atom. The van der Waals surface area contributed by atoms with Crippen LogP contribution in [-0.4, -0.2) is 71.0 Å². The number of carbonyl (C=O) groups is 3. The summed E-state index contributed by atoms with van der Waals surface area (Å²) in [6.45, 7) is 8.81. The minimum atomic E-state index is -0.529. The molecule has 3 aliphatic heterocycles. The first kappa shape index (κ1) is 29.2. The molecule has 0 unspecified atom stereocenters. The van der Waals surface area contributed by atoms with Gasteiger partial charge in [-0.1, -0.05) is 44.5 Å². The van der Waals surface area contributed by atoms with Crippen LogP contribution in [0.5, 0.6) is 0 Å². The molecule has 4 N–H and O–H groups in total. The summed E-state index contributed by atoms with van der Waals surface area (Å²) >= 11 is 6.42. The molecule has 41 heavy (non-hydrogen) atoms. The first-order valence-electron chi connectivity index (χ1n) is 14.6. The van der Waals surface area contributed by atoms with E-state index in [1.807, 2.05) is 14.7 Å². The summed E-state index contributed by atoms with van der Waals surface area (Å²) in [4.78, 5) is 45.8. The summed E-state index contributed by atoms with van der Waals surface area (Å²) in [7, 11) is 0. The average Bonchev–Trinajstić information content (AvgIpc) is 3.04. The highest BCUT2D eigenvalue weighted by Gasteiger charge is 2.37. The van der Waals surface area contributed by atoms with Crippen LogP contribution in [0.4, 0.5) is 10.5 Å². The maximum Gasteiger partial charge on any atom is 0.322 e. The fourth-order valence-electron chi connectivity index (χ4n) is 6.58. The first-order valence-corrected chi connectivity index (χ1v) is 15.0. The molecule has 10 heteroatoms. The van der Waals surface area contributed by atoms with Crippen molar-refractivity contribution in [2.75, 3.05) is 31.9 Å². The number of nitrogen functional groups attached to an aromatic ring is 1. The van der Waals surface area contributed by atoms with Crippen LogP contribution >= 0.6 is 11.6 Å². The molecule has 4 aliphatic rings. The summed E-state index contributed by atoms with van der Waals surface area (Å²) in [6, 6.07) is 1.82. The van der Waals surface area contributed by atoms with Crippen LogP contribution in [0, 0.1) is 16.7 Å². The Labute approximate surface area is 247 Å². The van der Waals surface area contributed by atoms with Crippen LogP contribution in [-0.2, 0) is 22.6 Å². The van der Waals surface area contributed by atoms with Crippen molar-refractivity contribution in [3.05, 3.63) is 51.2 Å². The van der Waals surface area contributed by atoms with Gasteiger partial charge < -0.3 is 31.2 Å². The van der Waals surface area contributed by atoms with Crippen molar-refractivity contribution in [3.8, 4) is 0 Å².